The van der Waals surface area contributed by atoms with Gasteiger partial charge in [-0.05, 0) is 25.0 Å². The minimum atomic E-state index is -1.02. The van der Waals surface area contributed by atoms with Crippen LogP contribution in [-0.2, 0) is 9.53 Å². The number of hydrogen-bond acceptors (Lipinski definition) is 4. The largest absolute Gasteiger partial charge is 0.380 e. The van der Waals surface area contributed by atoms with Crippen molar-refractivity contribution in [3.63, 3.8) is 0 Å². The minimum Gasteiger partial charge on any atom is -0.380 e. The SMILES string of the molecule is COC1CCCN(c2ccc3c(c2)N(C)C(=O)C3O)C1. The highest BCUT2D eigenvalue weighted by molar-refractivity contribution is 6.03. The van der Waals surface area contributed by atoms with Crippen molar-refractivity contribution in [1.82, 2.24) is 0 Å². The highest BCUT2D eigenvalue weighted by Gasteiger charge is 2.34. The zero-order valence-electron chi connectivity index (χ0n) is 11.9. The lowest BCUT2D eigenvalue weighted by Crippen LogP contribution is -2.39. The Morgan fingerprint density at radius 3 is 2.95 bits per heavy atom. The van der Waals surface area contributed by atoms with E-state index in [1.54, 1.807) is 14.2 Å². The number of methoxy groups -OCH3 is 1. The number of benzene rings is 1. The van der Waals surface area contributed by atoms with Crippen LogP contribution in [0.4, 0.5) is 11.4 Å². The lowest BCUT2D eigenvalue weighted by atomic mass is 10.1. The average molecular weight is 276 g/mol. The summed E-state index contributed by atoms with van der Waals surface area (Å²) in [6, 6.07) is 5.82. The Morgan fingerprint density at radius 1 is 1.40 bits per heavy atom. The van der Waals surface area contributed by atoms with Crippen LogP contribution in [0.3, 0.4) is 0 Å². The van der Waals surface area contributed by atoms with E-state index in [-0.39, 0.29) is 12.0 Å². The maximum atomic E-state index is 11.8. The molecule has 1 amide bonds. The first-order valence-electron chi connectivity index (χ1n) is 6.99. The van der Waals surface area contributed by atoms with Gasteiger partial charge >= 0.3 is 0 Å². The summed E-state index contributed by atoms with van der Waals surface area (Å²) < 4.78 is 5.44. The Morgan fingerprint density at radius 2 is 2.20 bits per heavy atom. The Bertz CT molecular complexity index is 532. The van der Waals surface area contributed by atoms with Gasteiger partial charge in [0.1, 0.15) is 0 Å². The molecule has 108 valence electrons. The molecule has 0 spiro atoms. The third-order valence-corrected chi connectivity index (χ3v) is 4.31. The summed E-state index contributed by atoms with van der Waals surface area (Å²) in [6.45, 7) is 1.87. The molecular weight excluding hydrogens is 256 g/mol. The first kappa shape index (κ1) is 13.4. The number of aliphatic hydroxyl groups is 1. The van der Waals surface area contributed by atoms with Crippen LogP contribution in [-0.4, -0.2) is 44.4 Å². The normalized spacial score (nSPS) is 26.1. The Labute approximate surface area is 118 Å². The molecule has 5 nitrogen and oxygen atoms in total. The van der Waals surface area contributed by atoms with Gasteiger partial charge in [0.15, 0.2) is 6.10 Å². The molecule has 20 heavy (non-hydrogen) atoms. The van der Waals surface area contributed by atoms with Crippen molar-refractivity contribution in [2.24, 2.45) is 0 Å². The summed E-state index contributed by atoms with van der Waals surface area (Å²) >= 11 is 0. The second-order valence-electron chi connectivity index (χ2n) is 5.49. The smallest absolute Gasteiger partial charge is 0.260 e. The fraction of sp³-hybridized carbons (Fsp3) is 0.533. The van der Waals surface area contributed by atoms with Gasteiger partial charge in [0.05, 0.1) is 11.8 Å². The number of rotatable bonds is 2. The van der Waals surface area contributed by atoms with Crippen molar-refractivity contribution in [2.45, 2.75) is 25.0 Å². The first-order chi connectivity index (χ1) is 9.61. The second kappa shape index (κ2) is 5.07. The van der Waals surface area contributed by atoms with Crippen LogP contribution >= 0.6 is 0 Å². The number of ether oxygens (including phenoxy) is 1. The number of aliphatic hydroxyl groups excluding tert-OH is 1. The molecule has 2 aliphatic heterocycles. The number of fused-ring (bicyclic) bond motifs is 1. The molecule has 2 heterocycles. The van der Waals surface area contributed by atoms with E-state index >= 15 is 0 Å². The monoisotopic (exact) mass is 276 g/mol. The van der Waals surface area contributed by atoms with E-state index < -0.39 is 6.10 Å². The lowest BCUT2D eigenvalue weighted by molar-refractivity contribution is -0.125. The van der Waals surface area contributed by atoms with Crippen molar-refractivity contribution < 1.29 is 14.6 Å². The van der Waals surface area contributed by atoms with E-state index in [1.807, 2.05) is 18.2 Å². The van der Waals surface area contributed by atoms with E-state index in [1.165, 1.54) is 4.90 Å². The zero-order chi connectivity index (χ0) is 14.3. The summed E-state index contributed by atoms with van der Waals surface area (Å²) in [5, 5.41) is 9.88. The molecule has 2 aliphatic rings. The Hall–Kier alpha value is -1.59. The van der Waals surface area contributed by atoms with Crippen LogP contribution in [0.15, 0.2) is 18.2 Å². The van der Waals surface area contributed by atoms with Gasteiger partial charge in [-0.2, -0.15) is 0 Å². The van der Waals surface area contributed by atoms with Crippen molar-refractivity contribution >= 4 is 17.3 Å². The molecule has 1 N–H and O–H groups in total. The molecule has 3 rings (SSSR count). The number of anilines is 2. The number of piperidine rings is 1. The van der Waals surface area contributed by atoms with Crippen molar-refractivity contribution in [3.05, 3.63) is 23.8 Å². The molecule has 2 atom stereocenters. The van der Waals surface area contributed by atoms with E-state index in [2.05, 4.69) is 4.90 Å². The van der Waals surface area contributed by atoms with Crippen LogP contribution in [0.2, 0.25) is 0 Å². The van der Waals surface area contributed by atoms with Crippen LogP contribution in [0.5, 0.6) is 0 Å². The zero-order valence-corrected chi connectivity index (χ0v) is 11.9. The molecule has 2 unspecified atom stereocenters. The summed E-state index contributed by atoms with van der Waals surface area (Å²) in [5.74, 6) is -0.259. The summed E-state index contributed by atoms with van der Waals surface area (Å²) in [5.41, 5.74) is 2.58. The van der Waals surface area contributed by atoms with Crippen molar-refractivity contribution in [1.29, 1.82) is 0 Å². The fourth-order valence-electron chi connectivity index (χ4n) is 3.05. The molecular formula is C15H20N2O3. The standard InChI is InChI=1S/C15H20N2O3/c1-16-13-8-10(5-6-12(13)14(18)15(16)19)17-7-3-4-11(9-17)20-2/h5-6,8,11,14,18H,3-4,7,9H2,1-2H3. The highest BCUT2D eigenvalue weighted by atomic mass is 16.5. The molecule has 1 aromatic carbocycles. The lowest BCUT2D eigenvalue weighted by Gasteiger charge is -2.34. The van der Waals surface area contributed by atoms with Gasteiger partial charge in [0, 0.05) is 38.5 Å². The molecule has 1 aromatic rings. The van der Waals surface area contributed by atoms with Gasteiger partial charge in [-0.1, -0.05) is 6.07 Å². The second-order valence-corrected chi connectivity index (χ2v) is 5.49. The first-order valence-corrected chi connectivity index (χ1v) is 6.99. The average Bonchev–Trinajstić information content (AvgIpc) is 2.72. The summed E-state index contributed by atoms with van der Waals surface area (Å²) in [7, 11) is 3.45. The van der Waals surface area contributed by atoms with E-state index in [9.17, 15) is 9.90 Å². The van der Waals surface area contributed by atoms with Crippen LogP contribution < -0.4 is 9.80 Å². The van der Waals surface area contributed by atoms with Crippen LogP contribution in [0.1, 0.15) is 24.5 Å². The van der Waals surface area contributed by atoms with E-state index in [0.29, 0.717) is 5.56 Å². The Kier molecular flexibility index (Phi) is 3.40. The predicted octanol–water partition coefficient (Wildman–Crippen LogP) is 1.31. The van der Waals surface area contributed by atoms with Gasteiger partial charge in [-0.25, -0.2) is 0 Å². The molecule has 0 aromatic heterocycles. The predicted molar refractivity (Wildman–Crippen MR) is 77.1 cm³/mol. The van der Waals surface area contributed by atoms with Gasteiger partial charge < -0.3 is 19.6 Å². The molecule has 5 heteroatoms. The molecule has 0 bridgehead atoms. The van der Waals surface area contributed by atoms with Gasteiger partial charge in [-0.15, -0.1) is 0 Å². The summed E-state index contributed by atoms with van der Waals surface area (Å²) in [6.07, 6.45) is 1.45. The molecule has 0 saturated carbocycles. The minimum absolute atomic E-state index is 0.259. The summed E-state index contributed by atoms with van der Waals surface area (Å²) in [4.78, 5) is 15.6. The van der Waals surface area contributed by atoms with E-state index in [0.717, 1.165) is 37.3 Å². The highest BCUT2D eigenvalue weighted by Crippen LogP contribution is 2.37. The molecule has 0 aliphatic carbocycles. The van der Waals surface area contributed by atoms with Crippen molar-refractivity contribution in [3.8, 4) is 0 Å². The maximum absolute atomic E-state index is 11.8. The molecule has 1 saturated heterocycles. The topological polar surface area (TPSA) is 53.0 Å². The van der Waals surface area contributed by atoms with Gasteiger partial charge in [0.2, 0.25) is 0 Å². The number of nitrogens with zero attached hydrogens (tertiary/aromatic N) is 2. The van der Waals surface area contributed by atoms with Gasteiger partial charge in [-0.3, -0.25) is 4.79 Å². The number of hydrogen-bond donors (Lipinski definition) is 1. The van der Waals surface area contributed by atoms with Crippen LogP contribution in [0, 0.1) is 0 Å². The van der Waals surface area contributed by atoms with Gasteiger partial charge in [0.25, 0.3) is 5.91 Å². The number of amides is 1. The number of carbonyl (C=O) groups is 1. The quantitative estimate of drug-likeness (QED) is 0.885. The third-order valence-electron chi connectivity index (χ3n) is 4.31. The Balaban J connectivity index is 1.88. The van der Waals surface area contributed by atoms with Crippen LogP contribution in [0.25, 0.3) is 0 Å². The molecule has 0 radical (unpaired) electrons. The fourth-order valence-corrected chi connectivity index (χ4v) is 3.05. The van der Waals surface area contributed by atoms with E-state index in [4.69, 9.17) is 4.74 Å². The maximum Gasteiger partial charge on any atom is 0.260 e. The third kappa shape index (κ3) is 2.07. The number of carbonyl (C=O) groups excluding carboxylic acids is 1. The van der Waals surface area contributed by atoms with Crippen molar-refractivity contribution in [2.75, 3.05) is 37.0 Å². The number of likely N-dealkylation sites (N-methyl/N-ethyl adjacent to an activating group) is 1. The molecule has 1 fully saturated rings.